The van der Waals surface area contributed by atoms with Gasteiger partial charge < -0.3 is 30.1 Å². The summed E-state index contributed by atoms with van der Waals surface area (Å²) in [4.78, 5) is 30.5. The summed E-state index contributed by atoms with van der Waals surface area (Å²) >= 11 is 0. The summed E-state index contributed by atoms with van der Waals surface area (Å²) in [6.07, 6.45) is 40.6. The number of unbranched alkanes of at least 4 members (excludes halogenated alkanes) is 26. The van der Waals surface area contributed by atoms with Crippen LogP contribution >= 0.6 is 7.82 Å². The molecule has 0 fully saturated rings. The largest absolute Gasteiger partial charge is 0.469 e. The van der Waals surface area contributed by atoms with Crippen LogP contribution in [0.2, 0.25) is 0 Å². The Labute approximate surface area is 314 Å². The monoisotopic (exact) mass is 750 g/mol. The molecule has 0 aliphatic heterocycles. The zero-order valence-electron chi connectivity index (χ0n) is 33.4. The third kappa shape index (κ3) is 49.2. The van der Waals surface area contributed by atoms with E-state index in [1.54, 1.807) is 0 Å². The average Bonchev–Trinajstić information content (AvgIpc) is 3.11. The van der Waals surface area contributed by atoms with E-state index in [0.29, 0.717) is 19.6 Å². The quantitative estimate of drug-likeness (QED) is 0.0208. The number of carbonyl (C=O) groups is 1. The highest BCUT2D eigenvalue weighted by Crippen LogP contribution is 2.36. The lowest BCUT2D eigenvalue weighted by atomic mass is 10.0. The van der Waals surface area contributed by atoms with Gasteiger partial charge in [-0.15, -0.1) is 0 Å². The van der Waals surface area contributed by atoms with Gasteiger partial charge in [-0.1, -0.05) is 174 Å². The van der Waals surface area contributed by atoms with E-state index in [2.05, 4.69) is 30.5 Å². The number of hydrogen-bond donors (Lipinski definition) is 4. The van der Waals surface area contributed by atoms with Gasteiger partial charge in [0.1, 0.15) is 6.10 Å². The van der Waals surface area contributed by atoms with Crippen molar-refractivity contribution in [1.82, 2.24) is 0 Å². The fourth-order valence-corrected chi connectivity index (χ4v) is 6.21. The van der Waals surface area contributed by atoms with Crippen LogP contribution in [0.3, 0.4) is 0 Å². The molecule has 0 aliphatic carbocycles. The molecular formula is C41H84NO8P. The van der Waals surface area contributed by atoms with Gasteiger partial charge in [-0.2, -0.15) is 0 Å². The summed E-state index contributed by atoms with van der Waals surface area (Å²) in [5, 5.41) is 7.75. The van der Waals surface area contributed by atoms with Crippen molar-refractivity contribution >= 4 is 13.8 Å². The first-order valence-corrected chi connectivity index (χ1v) is 22.8. The normalized spacial score (nSPS) is 12.3. The van der Waals surface area contributed by atoms with Crippen molar-refractivity contribution in [2.75, 3.05) is 33.0 Å². The first-order valence-electron chi connectivity index (χ1n) is 21.2. The molecule has 306 valence electrons. The molecule has 1 unspecified atom stereocenters. The number of aliphatic hydroxyl groups excluding tert-OH is 1. The van der Waals surface area contributed by atoms with Gasteiger partial charge in [0.05, 0.1) is 19.8 Å². The van der Waals surface area contributed by atoms with Gasteiger partial charge in [0.2, 0.25) is 0 Å². The lowest BCUT2D eigenvalue weighted by molar-refractivity contribution is -0.154. The standard InChI is InChI=1S/C39H77O7P.C2H7NO/c1-3-5-7-9-11-13-15-17-19-21-23-25-27-29-31-33-35-44-36-38(37-45-47(41,42)43)46-39(40)34-32-30-28-26-24-22-20-18-16-14-12-10-8-6-4-2;3-1-2-4/h18,20,38H,3-17,19,21-37H2,1-2H3,(H2,41,42,43);4H,1-3H2/b20-18-;. The Hall–Kier alpha value is -0.800. The molecule has 51 heavy (non-hydrogen) atoms. The number of nitrogens with two attached hydrogens (primary N) is 1. The molecule has 0 radical (unpaired) electrons. The molecule has 0 saturated heterocycles. The molecule has 0 heterocycles. The van der Waals surface area contributed by atoms with Crippen molar-refractivity contribution in [3.63, 3.8) is 0 Å². The lowest BCUT2D eigenvalue weighted by Gasteiger charge is -2.18. The fourth-order valence-electron chi connectivity index (χ4n) is 5.85. The highest BCUT2D eigenvalue weighted by Gasteiger charge is 2.21. The van der Waals surface area contributed by atoms with Crippen LogP contribution in [0.25, 0.3) is 0 Å². The average molecular weight is 750 g/mol. The first kappa shape index (κ1) is 52.3. The summed E-state index contributed by atoms with van der Waals surface area (Å²) in [6, 6.07) is 0. The number of phosphoric ester groups is 1. The third-order valence-electron chi connectivity index (χ3n) is 8.94. The van der Waals surface area contributed by atoms with E-state index in [1.807, 2.05) is 0 Å². The Kier molecular flexibility index (Phi) is 44.7. The van der Waals surface area contributed by atoms with Crippen LogP contribution < -0.4 is 5.73 Å². The SMILES string of the molecule is CCCCCCCC/C=C\CCCCCCCC(=O)OC(COCCCCCCCCCCCCCCCCCC)COP(=O)(O)O.NCCO. The zero-order chi connectivity index (χ0) is 37.9. The first-order chi connectivity index (χ1) is 24.8. The Morgan fingerprint density at radius 2 is 0.980 bits per heavy atom. The molecule has 5 N–H and O–H groups in total. The van der Waals surface area contributed by atoms with E-state index < -0.39 is 13.9 Å². The predicted octanol–water partition coefficient (Wildman–Crippen LogP) is 11.3. The van der Waals surface area contributed by atoms with Crippen molar-refractivity contribution in [1.29, 1.82) is 0 Å². The van der Waals surface area contributed by atoms with E-state index in [-0.39, 0.29) is 25.8 Å². The van der Waals surface area contributed by atoms with Gasteiger partial charge in [-0.3, -0.25) is 9.32 Å². The number of carbonyl (C=O) groups excluding carboxylic acids is 1. The predicted molar refractivity (Wildman–Crippen MR) is 214 cm³/mol. The van der Waals surface area contributed by atoms with Crippen molar-refractivity contribution < 1.29 is 38.3 Å². The molecular weight excluding hydrogens is 665 g/mol. The van der Waals surface area contributed by atoms with E-state index >= 15 is 0 Å². The van der Waals surface area contributed by atoms with Crippen molar-refractivity contribution in [2.45, 2.75) is 213 Å². The van der Waals surface area contributed by atoms with Crippen LogP contribution in [-0.2, 0) is 23.4 Å². The van der Waals surface area contributed by atoms with E-state index in [4.69, 9.17) is 30.1 Å². The molecule has 0 aromatic rings. The van der Waals surface area contributed by atoms with Crippen LogP contribution in [0.5, 0.6) is 0 Å². The van der Waals surface area contributed by atoms with Gasteiger partial charge in [-0.25, -0.2) is 4.57 Å². The summed E-state index contributed by atoms with van der Waals surface area (Å²) in [7, 11) is -4.65. The smallest absolute Gasteiger partial charge is 0.457 e. The third-order valence-corrected chi connectivity index (χ3v) is 9.43. The summed E-state index contributed by atoms with van der Waals surface area (Å²) < 4.78 is 26.9. The van der Waals surface area contributed by atoms with Gasteiger partial charge in [0.15, 0.2) is 0 Å². The molecule has 0 saturated carbocycles. The molecule has 0 bridgehead atoms. The Bertz CT molecular complexity index is 762. The molecule has 0 aromatic heterocycles. The van der Waals surface area contributed by atoms with Crippen molar-refractivity contribution in [2.24, 2.45) is 5.73 Å². The maximum atomic E-state index is 12.4. The van der Waals surface area contributed by atoms with Gasteiger partial charge in [0, 0.05) is 19.6 Å². The maximum absolute atomic E-state index is 12.4. The Morgan fingerprint density at radius 3 is 1.37 bits per heavy atom. The Morgan fingerprint density at radius 1 is 0.608 bits per heavy atom. The summed E-state index contributed by atoms with van der Waals surface area (Å²) in [5.74, 6) is -0.368. The molecule has 0 amide bonds. The minimum atomic E-state index is -4.65. The topological polar surface area (TPSA) is 149 Å². The molecule has 10 heteroatoms. The maximum Gasteiger partial charge on any atom is 0.469 e. The molecule has 1 atom stereocenters. The highest BCUT2D eigenvalue weighted by molar-refractivity contribution is 7.46. The zero-order valence-corrected chi connectivity index (χ0v) is 34.3. The molecule has 0 spiro atoms. The van der Waals surface area contributed by atoms with Crippen LogP contribution in [-0.4, -0.2) is 59.9 Å². The number of esters is 1. The number of hydrogen-bond acceptors (Lipinski definition) is 7. The minimum absolute atomic E-state index is 0.0802. The van der Waals surface area contributed by atoms with Crippen LogP contribution in [0.1, 0.15) is 206 Å². The second-order valence-corrected chi connectivity index (χ2v) is 15.4. The number of allylic oxidation sites excluding steroid dienone is 2. The minimum Gasteiger partial charge on any atom is -0.457 e. The van der Waals surface area contributed by atoms with Crippen molar-refractivity contribution in [3.05, 3.63) is 12.2 Å². The lowest BCUT2D eigenvalue weighted by Crippen LogP contribution is -2.28. The molecule has 0 rings (SSSR count). The Balaban J connectivity index is 0. The van der Waals surface area contributed by atoms with Crippen LogP contribution in [0, 0.1) is 0 Å². The number of rotatable bonds is 39. The number of ether oxygens (including phenoxy) is 2. The van der Waals surface area contributed by atoms with Crippen LogP contribution in [0.4, 0.5) is 0 Å². The van der Waals surface area contributed by atoms with E-state index in [1.165, 1.54) is 141 Å². The number of aliphatic hydroxyl groups is 1. The second kappa shape index (κ2) is 43.6. The number of phosphoric acid groups is 1. The molecule has 0 aliphatic rings. The summed E-state index contributed by atoms with van der Waals surface area (Å²) in [6.45, 7) is 5.24. The molecule has 0 aromatic carbocycles. The highest BCUT2D eigenvalue weighted by atomic mass is 31.2. The summed E-state index contributed by atoms with van der Waals surface area (Å²) in [5.41, 5.74) is 4.78. The van der Waals surface area contributed by atoms with Gasteiger partial charge >= 0.3 is 13.8 Å². The fraction of sp³-hybridized carbons (Fsp3) is 0.927. The van der Waals surface area contributed by atoms with Gasteiger partial charge in [-0.05, 0) is 38.5 Å². The van der Waals surface area contributed by atoms with E-state index in [9.17, 15) is 9.36 Å². The molecule has 9 nitrogen and oxygen atoms in total. The van der Waals surface area contributed by atoms with Crippen molar-refractivity contribution in [3.8, 4) is 0 Å². The van der Waals surface area contributed by atoms with Crippen LogP contribution in [0.15, 0.2) is 12.2 Å². The van der Waals surface area contributed by atoms with E-state index in [0.717, 1.165) is 44.9 Å². The second-order valence-electron chi connectivity index (χ2n) is 14.1. The van der Waals surface area contributed by atoms with Gasteiger partial charge in [0.25, 0.3) is 0 Å².